The van der Waals surface area contributed by atoms with Crippen molar-refractivity contribution < 1.29 is 9.59 Å². The number of halogens is 1. The summed E-state index contributed by atoms with van der Waals surface area (Å²) in [6, 6.07) is 9.17. The molecule has 1 aliphatic heterocycles. The first-order chi connectivity index (χ1) is 11.6. The third kappa shape index (κ3) is 4.15. The van der Waals surface area contributed by atoms with E-state index in [2.05, 4.69) is 10.6 Å². The molecular formula is C17H16ClN3O2S. The molecule has 2 aromatic rings. The number of piperazine rings is 1. The molecule has 5 nitrogen and oxygen atoms in total. The number of rotatable bonds is 4. The van der Waals surface area contributed by atoms with Crippen LogP contribution in [0.1, 0.15) is 4.88 Å². The van der Waals surface area contributed by atoms with E-state index in [9.17, 15) is 9.59 Å². The Hall–Kier alpha value is -2.31. The summed E-state index contributed by atoms with van der Waals surface area (Å²) >= 11 is 7.88. The van der Waals surface area contributed by atoms with Gasteiger partial charge in [0.2, 0.25) is 11.8 Å². The SMILES string of the molecule is O=C(C=Cc1cccs1)Nc1ccc(N2CCNC(=O)C2)c(Cl)c1. The molecule has 124 valence electrons. The van der Waals surface area contributed by atoms with Crippen molar-refractivity contribution in [2.24, 2.45) is 0 Å². The van der Waals surface area contributed by atoms with Gasteiger partial charge in [-0.25, -0.2) is 0 Å². The zero-order chi connectivity index (χ0) is 16.9. The molecule has 0 bridgehead atoms. The lowest BCUT2D eigenvalue weighted by Crippen LogP contribution is -2.47. The van der Waals surface area contributed by atoms with Crippen LogP contribution in [0.5, 0.6) is 0 Å². The molecule has 7 heteroatoms. The Balaban J connectivity index is 1.66. The number of carbonyl (C=O) groups is 2. The molecule has 0 aliphatic carbocycles. The lowest BCUT2D eigenvalue weighted by Gasteiger charge is -2.29. The minimum atomic E-state index is -0.218. The zero-order valence-electron chi connectivity index (χ0n) is 12.8. The first kappa shape index (κ1) is 16.5. The normalized spacial score (nSPS) is 14.7. The number of benzene rings is 1. The fourth-order valence-electron chi connectivity index (χ4n) is 2.41. The van der Waals surface area contributed by atoms with Crippen LogP contribution in [0.15, 0.2) is 41.8 Å². The molecule has 1 fully saturated rings. The standard InChI is InChI=1S/C17H16ClN3O2S/c18-14-10-12(20-16(22)6-4-13-2-1-9-24-13)3-5-15(14)21-8-7-19-17(23)11-21/h1-6,9-10H,7-8,11H2,(H,19,23)(H,20,22). The molecular weight excluding hydrogens is 346 g/mol. The van der Waals surface area contributed by atoms with Crippen molar-refractivity contribution in [3.63, 3.8) is 0 Å². The van der Waals surface area contributed by atoms with Crippen LogP contribution >= 0.6 is 22.9 Å². The number of nitrogens with one attached hydrogen (secondary N) is 2. The second kappa shape index (κ2) is 7.51. The van der Waals surface area contributed by atoms with Gasteiger partial charge in [0, 0.05) is 29.7 Å². The molecule has 1 aromatic heterocycles. The number of anilines is 2. The molecule has 1 aliphatic rings. The minimum Gasteiger partial charge on any atom is -0.359 e. The number of nitrogens with zero attached hydrogens (tertiary/aromatic N) is 1. The van der Waals surface area contributed by atoms with Crippen molar-refractivity contribution in [3.05, 3.63) is 51.7 Å². The second-order valence-electron chi connectivity index (χ2n) is 5.28. The third-order valence-corrected chi connectivity index (χ3v) is 4.68. The van der Waals surface area contributed by atoms with Crippen LogP contribution in [0.25, 0.3) is 6.08 Å². The highest BCUT2D eigenvalue weighted by atomic mass is 35.5. The molecule has 0 spiro atoms. The Morgan fingerprint density at radius 1 is 1.38 bits per heavy atom. The van der Waals surface area contributed by atoms with E-state index in [4.69, 9.17) is 11.6 Å². The highest BCUT2D eigenvalue weighted by Crippen LogP contribution is 2.29. The molecule has 2 amide bonds. The number of hydrogen-bond donors (Lipinski definition) is 2. The molecule has 1 aromatic carbocycles. The van der Waals surface area contributed by atoms with Crippen LogP contribution in [0.4, 0.5) is 11.4 Å². The second-order valence-corrected chi connectivity index (χ2v) is 6.66. The first-order valence-corrected chi connectivity index (χ1v) is 8.71. The summed E-state index contributed by atoms with van der Waals surface area (Å²) in [5.41, 5.74) is 1.41. The summed E-state index contributed by atoms with van der Waals surface area (Å²) in [6.45, 7) is 1.59. The first-order valence-electron chi connectivity index (χ1n) is 7.45. The highest BCUT2D eigenvalue weighted by molar-refractivity contribution is 7.10. The maximum absolute atomic E-state index is 11.9. The smallest absolute Gasteiger partial charge is 0.248 e. The Labute approximate surface area is 148 Å². The third-order valence-electron chi connectivity index (χ3n) is 3.54. The summed E-state index contributed by atoms with van der Waals surface area (Å²) in [4.78, 5) is 26.4. The number of carbonyl (C=O) groups excluding carboxylic acids is 2. The lowest BCUT2D eigenvalue weighted by atomic mass is 10.2. The molecule has 0 atom stereocenters. The Morgan fingerprint density at radius 3 is 2.96 bits per heavy atom. The van der Waals surface area contributed by atoms with Crippen molar-refractivity contribution in [3.8, 4) is 0 Å². The van der Waals surface area contributed by atoms with Crippen molar-refractivity contribution in [1.82, 2.24) is 5.32 Å². The molecule has 2 N–H and O–H groups in total. The molecule has 1 saturated heterocycles. The van der Waals surface area contributed by atoms with Gasteiger partial charge in [0.1, 0.15) is 0 Å². The zero-order valence-corrected chi connectivity index (χ0v) is 14.4. The number of amides is 2. The molecule has 0 radical (unpaired) electrons. The van der Waals surface area contributed by atoms with E-state index in [1.807, 2.05) is 28.5 Å². The summed E-state index contributed by atoms with van der Waals surface area (Å²) in [5.74, 6) is -0.238. The Bertz CT molecular complexity index is 774. The van der Waals surface area contributed by atoms with Crippen LogP contribution in [-0.2, 0) is 9.59 Å². The van der Waals surface area contributed by atoms with Gasteiger partial charge in [-0.05, 0) is 35.7 Å². The van der Waals surface area contributed by atoms with Crippen LogP contribution in [0.2, 0.25) is 5.02 Å². The van der Waals surface area contributed by atoms with Gasteiger partial charge in [0.15, 0.2) is 0 Å². The topological polar surface area (TPSA) is 61.4 Å². The predicted molar refractivity (Wildman–Crippen MR) is 98.7 cm³/mol. The van der Waals surface area contributed by atoms with Gasteiger partial charge >= 0.3 is 0 Å². The summed E-state index contributed by atoms with van der Waals surface area (Å²) in [5, 5.41) is 8.02. The molecule has 0 saturated carbocycles. The van der Waals surface area contributed by atoms with Gasteiger partial charge in [-0.3, -0.25) is 9.59 Å². The van der Waals surface area contributed by atoms with Crippen molar-refractivity contribution in [2.75, 3.05) is 29.9 Å². The highest BCUT2D eigenvalue weighted by Gasteiger charge is 2.18. The Kier molecular flexibility index (Phi) is 5.17. The van der Waals surface area contributed by atoms with Gasteiger partial charge in [-0.15, -0.1) is 11.3 Å². The maximum atomic E-state index is 11.9. The quantitative estimate of drug-likeness (QED) is 0.823. The van der Waals surface area contributed by atoms with E-state index in [1.165, 1.54) is 6.08 Å². The van der Waals surface area contributed by atoms with E-state index in [-0.39, 0.29) is 18.4 Å². The maximum Gasteiger partial charge on any atom is 0.248 e. The number of thiophene rings is 1. The van der Waals surface area contributed by atoms with Crippen molar-refractivity contribution in [2.45, 2.75) is 0 Å². The van der Waals surface area contributed by atoms with Gasteiger partial charge in [-0.1, -0.05) is 17.7 Å². The average Bonchev–Trinajstić information content (AvgIpc) is 3.06. The van der Waals surface area contributed by atoms with E-state index in [1.54, 1.807) is 29.5 Å². The van der Waals surface area contributed by atoms with E-state index < -0.39 is 0 Å². The molecule has 2 heterocycles. The molecule has 24 heavy (non-hydrogen) atoms. The molecule has 0 unspecified atom stereocenters. The van der Waals surface area contributed by atoms with Crippen molar-refractivity contribution in [1.29, 1.82) is 0 Å². The predicted octanol–water partition coefficient (Wildman–Crippen LogP) is 2.99. The van der Waals surface area contributed by atoms with Crippen LogP contribution in [-0.4, -0.2) is 31.4 Å². The average molecular weight is 362 g/mol. The van der Waals surface area contributed by atoms with E-state index in [0.717, 1.165) is 10.6 Å². The largest absolute Gasteiger partial charge is 0.359 e. The molecule has 3 rings (SSSR count). The fourth-order valence-corrected chi connectivity index (χ4v) is 3.33. The monoisotopic (exact) mass is 361 g/mol. The summed E-state index contributed by atoms with van der Waals surface area (Å²) in [6.07, 6.45) is 3.25. The summed E-state index contributed by atoms with van der Waals surface area (Å²) in [7, 11) is 0. The van der Waals surface area contributed by atoms with Gasteiger partial charge in [-0.2, -0.15) is 0 Å². The van der Waals surface area contributed by atoms with Crippen molar-refractivity contribution >= 4 is 52.2 Å². The number of hydrogen-bond acceptors (Lipinski definition) is 4. The van der Waals surface area contributed by atoms with Crippen LogP contribution in [0, 0.1) is 0 Å². The fraction of sp³-hybridized carbons (Fsp3) is 0.176. The van der Waals surface area contributed by atoms with Gasteiger partial charge in [0.25, 0.3) is 0 Å². The Morgan fingerprint density at radius 2 is 2.25 bits per heavy atom. The van der Waals surface area contributed by atoms with Gasteiger partial charge in [0.05, 0.1) is 17.3 Å². The minimum absolute atomic E-state index is 0.0200. The lowest BCUT2D eigenvalue weighted by molar-refractivity contribution is -0.120. The van der Waals surface area contributed by atoms with Crippen LogP contribution < -0.4 is 15.5 Å². The van der Waals surface area contributed by atoms with Crippen LogP contribution in [0.3, 0.4) is 0 Å². The van der Waals surface area contributed by atoms with E-state index in [0.29, 0.717) is 23.8 Å². The van der Waals surface area contributed by atoms with Gasteiger partial charge < -0.3 is 15.5 Å². The van der Waals surface area contributed by atoms with E-state index >= 15 is 0 Å². The summed E-state index contributed by atoms with van der Waals surface area (Å²) < 4.78 is 0.